The predicted octanol–water partition coefficient (Wildman–Crippen LogP) is 9.09. The van der Waals surface area contributed by atoms with E-state index in [-0.39, 0.29) is 0 Å². The Bertz CT molecular complexity index is 2030. The molecule has 7 aromatic rings. The molecule has 1 fully saturated rings. The molecule has 0 bridgehead atoms. The van der Waals surface area contributed by atoms with Crippen molar-refractivity contribution in [2.75, 3.05) is 22.4 Å². The number of aryl methyl sites for hydroxylation is 3. The number of hydrogen-bond acceptors (Lipinski definition) is 2. The van der Waals surface area contributed by atoms with Gasteiger partial charge in [-0.05, 0) is 81.1 Å². The Morgan fingerprint density at radius 3 is 1.06 bits per heavy atom. The second-order valence-electron chi connectivity index (χ2n) is 13.3. The Kier molecular flexibility index (Phi) is 10.3. The third-order valence-electron chi connectivity index (χ3n) is 9.68. The fourth-order valence-corrected chi connectivity index (χ4v) is 15.5. The highest BCUT2D eigenvalue weighted by Gasteiger charge is 2.39. The molecule has 7 aromatic carbocycles. The number of anilines is 2. The van der Waals surface area contributed by atoms with Gasteiger partial charge >= 0.3 is 0 Å². The molecule has 256 valence electrons. The molecule has 1 aliphatic rings. The highest BCUT2D eigenvalue weighted by atomic mass is 31.1. The second-order valence-corrected chi connectivity index (χ2v) is 19.6. The van der Waals surface area contributed by atoms with E-state index in [1.165, 1.54) is 65.2 Å². The fourth-order valence-electron chi connectivity index (χ4n) is 7.59. The van der Waals surface area contributed by atoms with Gasteiger partial charge in [-0.1, -0.05) is 175 Å². The first-order chi connectivity index (χ1) is 25.6. The number of hydrogen-bond donors (Lipinski definition) is 0. The van der Waals surface area contributed by atoms with Gasteiger partial charge in [0.15, 0.2) is 0 Å². The standard InChI is InChI=1S/C47H43N2P3/c1-36-34-37(2)47(38(3)35-36)52-48(43-28-16-18-30-45(43)50(39-20-8-4-9-21-39)40-22-10-5-11-23-40)32-33-49(52)44-29-17-19-31-46(44)51(41-24-12-6-13-25-41)42-26-14-7-15-27-42/h4-31,34-35H,32-33H2,1-3H3. The molecule has 52 heavy (non-hydrogen) atoms. The zero-order chi connectivity index (χ0) is 35.4. The third-order valence-corrected chi connectivity index (χ3v) is 17.5. The van der Waals surface area contributed by atoms with Crippen LogP contribution in [-0.4, -0.2) is 13.1 Å². The minimum atomic E-state index is -0.944. The van der Waals surface area contributed by atoms with Gasteiger partial charge in [-0.3, -0.25) is 0 Å². The number of benzene rings is 7. The van der Waals surface area contributed by atoms with Crippen molar-refractivity contribution in [3.05, 3.63) is 199 Å². The molecule has 5 heteroatoms. The van der Waals surface area contributed by atoms with Crippen LogP contribution in [0.2, 0.25) is 0 Å². The van der Waals surface area contributed by atoms with Gasteiger partial charge in [-0.25, -0.2) is 0 Å². The number of para-hydroxylation sites is 2. The summed E-state index contributed by atoms with van der Waals surface area (Å²) < 4.78 is 5.56. The van der Waals surface area contributed by atoms with Gasteiger partial charge in [0.2, 0.25) is 0 Å². The first kappa shape index (κ1) is 34.5. The molecule has 0 aromatic heterocycles. The number of rotatable bonds is 9. The summed E-state index contributed by atoms with van der Waals surface area (Å²) in [4.78, 5) is 0. The van der Waals surface area contributed by atoms with Crippen LogP contribution in [0.3, 0.4) is 0 Å². The van der Waals surface area contributed by atoms with E-state index in [4.69, 9.17) is 0 Å². The van der Waals surface area contributed by atoms with Crippen LogP contribution in [0.4, 0.5) is 11.4 Å². The van der Waals surface area contributed by atoms with Crippen molar-refractivity contribution in [3.63, 3.8) is 0 Å². The van der Waals surface area contributed by atoms with Gasteiger partial charge in [0.1, 0.15) is 8.22 Å². The summed E-state index contributed by atoms with van der Waals surface area (Å²) in [5.74, 6) is 0. The molecular weight excluding hydrogens is 685 g/mol. The first-order valence-corrected chi connectivity index (χ1v) is 21.9. The molecule has 0 radical (unpaired) electrons. The summed E-state index contributed by atoms with van der Waals surface area (Å²) >= 11 is 0. The highest BCUT2D eigenvalue weighted by molar-refractivity contribution is 7.81. The van der Waals surface area contributed by atoms with Crippen molar-refractivity contribution in [2.24, 2.45) is 0 Å². The molecule has 2 nitrogen and oxygen atoms in total. The number of nitrogens with zero attached hydrogens (tertiary/aromatic N) is 2. The quantitative estimate of drug-likeness (QED) is 0.137. The minimum Gasteiger partial charge on any atom is -0.328 e. The van der Waals surface area contributed by atoms with Gasteiger partial charge < -0.3 is 9.34 Å². The SMILES string of the molecule is Cc1cc(C)c(P2N(c3ccccc3P(c3ccccc3)c3ccccc3)CCN2c2ccccc2P(c2ccccc2)c2ccccc2)c(C)c1. The van der Waals surface area contributed by atoms with E-state index < -0.39 is 24.1 Å². The molecule has 0 aliphatic carbocycles. The summed E-state index contributed by atoms with van der Waals surface area (Å²) in [7, 11) is -2.51. The van der Waals surface area contributed by atoms with Crippen molar-refractivity contribution >= 4 is 72.6 Å². The van der Waals surface area contributed by atoms with E-state index in [2.05, 4.69) is 212 Å². The van der Waals surface area contributed by atoms with Crippen LogP contribution in [0.15, 0.2) is 182 Å². The summed E-state index contributed by atoms with van der Waals surface area (Å²) in [6, 6.07) is 67.8. The van der Waals surface area contributed by atoms with Gasteiger partial charge in [0, 0.05) is 40.4 Å². The van der Waals surface area contributed by atoms with Gasteiger partial charge in [0.05, 0.1) is 0 Å². The minimum absolute atomic E-state index is 0.784. The Labute approximate surface area is 313 Å². The van der Waals surface area contributed by atoms with E-state index in [0.29, 0.717) is 0 Å². The van der Waals surface area contributed by atoms with Crippen LogP contribution < -0.4 is 46.5 Å². The Hall–Kier alpha value is -4.57. The maximum atomic E-state index is 2.78. The maximum Gasteiger partial charge on any atom is 0.129 e. The molecule has 1 saturated heterocycles. The summed E-state index contributed by atoms with van der Waals surface area (Å²) in [5, 5.41) is 9.80. The maximum absolute atomic E-state index is 2.78. The first-order valence-electron chi connectivity index (χ1n) is 18.0. The lowest BCUT2D eigenvalue weighted by molar-refractivity contribution is 1.03. The summed E-state index contributed by atoms with van der Waals surface area (Å²) in [5.41, 5.74) is 6.76. The molecule has 8 rings (SSSR count). The third kappa shape index (κ3) is 6.85. The van der Waals surface area contributed by atoms with Crippen LogP contribution in [0.25, 0.3) is 0 Å². The Morgan fingerprint density at radius 1 is 0.404 bits per heavy atom. The lowest BCUT2D eigenvalue weighted by Gasteiger charge is -2.37. The molecule has 0 unspecified atom stereocenters. The van der Waals surface area contributed by atoms with Crippen molar-refractivity contribution in [2.45, 2.75) is 20.8 Å². The monoisotopic (exact) mass is 728 g/mol. The second kappa shape index (κ2) is 15.6. The highest BCUT2D eigenvalue weighted by Crippen LogP contribution is 2.55. The molecule has 1 aliphatic heterocycles. The van der Waals surface area contributed by atoms with E-state index in [1.54, 1.807) is 0 Å². The van der Waals surface area contributed by atoms with Crippen molar-refractivity contribution in [3.8, 4) is 0 Å². The van der Waals surface area contributed by atoms with E-state index in [9.17, 15) is 0 Å². The summed E-state index contributed by atoms with van der Waals surface area (Å²) in [6.07, 6.45) is 0. The molecule has 1 heterocycles. The lowest BCUT2D eigenvalue weighted by atomic mass is 10.1. The van der Waals surface area contributed by atoms with Crippen molar-refractivity contribution < 1.29 is 0 Å². The smallest absolute Gasteiger partial charge is 0.129 e. The Morgan fingerprint density at radius 2 is 0.712 bits per heavy atom. The molecular formula is C47H43N2P3. The van der Waals surface area contributed by atoms with Crippen molar-refractivity contribution in [1.29, 1.82) is 0 Å². The van der Waals surface area contributed by atoms with E-state index in [1.807, 2.05) is 0 Å². The summed E-state index contributed by atoms with van der Waals surface area (Å²) in [6.45, 7) is 8.78. The zero-order valence-corrected chi connectivity index (χ0v) is 32.7. The zero-order valence-electron chi connectivity index (χ0n) is 30.0. The topological polar surface area (TPSA) is 6.48 Å². The normalized spacial score (nSPS) is 13.3. The lowest BCUT2D eigenvalue weighted by Crippen LogP contribution is -2.32. The van der Waals surface area contributed by atoms with E-state index in [0.717, 1.165) is 13.1 Å². The average molecular weight is 729 g/mol. The van der Waals surface area contributed by atoms with Crippen LogP contribution in [0.5, 0.6) is 0 Å². The average Bonchev–Trinajstić information content (AvgIpc) is 3.61. The van der Waals surface area contributed by atoms with E-state index >= 15 is 0 Å². The van der Waals surface area contributed by atoms with Gasteiger partial charge in [-0.2, -0.15) is 0 Å². The van der Waals surface area contributed by atoms with Crippen molar-refractivity contribution in [1.82, 2.24) is 0 Å². The van der Waals surface area contributed by atoms with Crippen LogP contribution >= 0.6 is 24.1 Å². The molecule has 0 atom stereocenters. The van der Waals surface area contributed by atoms with Gasteiger partial charge in [-0.15, -0.1) is 0 Å². The van der Waals surface area contributed by atoms with Gasteiger partial charge in [0.25, 0.3) is 0 Å². The molecule has 0 spiro atoms. The molecule has 0 N–H and O–H groups in total. The predicted molar refractivity (Wildman–Crippen MR) is 232 cm³/mol. The van der Waals surface area contributed by atoms with Crippen LogP contribution in [0.1, 0.15) is 16.7 Å². The molecule has 0 amide bonds. The Balaban J connectivity index is 1.32. The van der Waals surface area contributed by atoms with Crippen LogP contribution in [0, 0.1) is 20.8 Å². The molecule has 0 saturated carbocycles. The largest absolute Gasteiger partial charge is 0.328 e. The fraction of sp³-hybridized carbons (Fsp3) is 0.106. The van der Waals surface area contributed by atoms with Crippen LogP contribution in [-0.2, 0) is 0 Å².